The first-order valence-electron chi connectivity index (χ1n) is 11.1. The SMILES string of the molecule is COc1ccc(-n2nc(C(C)(C)C)cc2NC(=O)CN(C(=O)c2ccc(Cl)cc2)C(C)C)cc1. The van der Waals surface area contributed by atoms with Gasteiger partial charge >= 0.3 is 0 Å². The second kappa shape index (κ2) is 10.3. The molecule has 0 aliphatic carbocycles. The molecule has 1 aromatic heterocycles. The molecule has 0 aliphatic heterocycles. The van der Waals surface area contributed by atoms with Gasteiger partial charge in [-0.3, -0.25) is 9.59 Å². The molecule has 0 saturated carbocycles. The van der Waals surface area contributed by atoms with Crippen LogP contribution in [0.25, 0.3) is 5.69 Å². The van der Waals surface area contributed by atoms with Gasteiger partial charge in [0.15, 0.2) is 0 Å². The summed E-state index contributed by atoms with van der Waals surface area (Å²) in [7, 11) is 1.61. The highest BCUT2D eigenvalue weighted by Crippen LogP contribution is 2.27. The molecule has 3 aromatic rings. The summed E-state index contributed by atoms with van der Waals surface area (Å²) < 4.78 is 6.94. The number of aromatic nitrogens is 2. The van der Waals surface area contributed by atoms with Gasteiger partial charge in [-0.2, -0.15) is 5.10 Å². The minimum Gasteiger partial charge on any atom is -0.497 e. The summed E-state index contributed by atoms with van der Waals surface area (Å²) in [5.41, 5.74) is 1.87. The molecule has 34 heavy (non-hydrogen) atoms. The number of nitrogens with zero attached hydrogens (tertiary/aromatic N) is 3. The topological polar surface area (TPSA) is 76.5 Å². The largest absolute Gasteiger partial charge is 0.497 e. The lowest BCUT2D eigenvalue weighted by Gasteiger charge is -2.26. The fourth-order valence-corrected chi connectivity index (χ4v) is 3.47. The quantitative estimate of drug-likeness (QED) is 0.494. The van der Waals surface area contributed by atoms with Crippen molar-refractivity contribution in [1.82, 2.24) is 14.7 Å². The molecule has 3 rings (SSSR count). The number of methoxy groups -OCH3 is 1. The lowest BCUT2D eigenvalue weighted by molar-refractivity contribution is -0.117. The Morgan fingerprint density at radius 2 is 1.71 bits per heavy atom. The molecule has 0 unspecified atom stereocenters. The van der Waals surface area contributed by atoms with Gasteiger partial charge in [-0.05, 0) is 62.4 Å². The number of carbonyl (C=O) groups excluding carboxylic acids is 2. The molecule has 180 valence electrons. The Morgan fingerprint density at radius 3 is 2.24 bits per heavy atom. The van der Waals surface area contributed by atoms with Gasteiger partial charge in [-0.15, -0.1) is 0 Å². The Hall–Kier alpha value is -3.32. The van der Waals surface area contributed by atoms with E-state index in [1.807, 2.05) is 44.2 Å². The average Bonchev–Trinajstić information content (AvgIpc) is 3.21. The summed E-state index contributed by atoms with van der Waals surface area (Å²) >= 11 is 5.95. The number of benzene rings is 2. The second-order valence-corrected chi connectivity index (χ2v) is 9.79. The fraction of sp³-hybridized carbons (Fsp3) is 0.346. The standard InChI is InChI=1S/C26H31ClN4O3/c1-17(2)30(25(33)18-7-9-19(27)10-8-18)16-24(32)28-23-15-22(26(3,4)5)29-31(23)20-11-13-21(34-6)14-12-20/h7-15,17H,16H2,1-6H3,(H,28,32). The van der Waals surface area contributed by atoms with Gasteiger partial charge in [0.25, 0.3) is 5.91 Å². The third kappa shape index (κ3) is 5.97. The average molecular weight is 483 g/mol. The molecule has 0 aliphatic rings. The van der Waals surface area contributed by atoms with Crippen LogP contribution in [0.5, 0.6) is 5.75 Å². The highest BCUT2D eigenvalue weighted by molar-refractivity contribution is 6.30. The molecule has 2 amide bonds. The maximum absolute atomic E-state index is 13.1. The molecule has 8 heteroatoms. The minimum atomic E-state index is -0.314. The third-order valence-electron chi connectivity index (χ3n) is 5.35. The lowest BCUT2D eigenvalue weighted by Crippen LogP contribution is -2.42. The van der Waals surface area contributed by atoms with E-state index in [0.29, 0.717) is 16.4 Å². The number of rotatable bonds is 7. The van der Waals surface area contributed by atoms with Crippen LogP contribution < -0.4 is 10.1 Å². The third-order valence-corrected chi connectivity index (χ3v) is 5.60. The number of anilines is 1. The number of ether oxygens (including phenoxy) is 1. The minimum absolute atomic E-state index is 0.0994. The highest BCUT2D eigenvalue weighted by atomic mass is 35.5. The Labute approximate surface area is 205 Å². The smallest absolute Gasteiger partial charge is 0.254 e. The predicted octanol–water partition coefficient (Wildman–Crippen LogP) is 5.32. The summed E-state index contributed by atoms with van der Waals surface area (Å²) in [6.07, 6.45) is 0. The fourth-order valence-electron chi connectivity index (χ4n) is 3.34. The van der Waals surface area contributed by atoms with Crippen LogP contribution in [-0.2, 0) is 10.2 Å². The van der Waals surface area contributed by atoms with Crippen molar-refractivity contribution < 1.29 is 14.3 Å². The van der Waals surface area contributed by atoms with Crippen LogP contribution in [0.4, 0.5) is 5.82 Å². The molecule has 0 atom stereocenters. The molecule has 7 nitrogen and oxygen atoms in total. The van der Waals surface area contributed by atoms with Crippen LogP contribution in [0.1, 0.15) is 50.7 Å². The summed E-state index contributed by atoms with van der Waals surface area (Å²) in [4.78, 5) is 27.6. The molecular formula is C26H31ClN4O3. The van der Waals surface area contributed by atoms with E-state index in [1.54, 1.807) is 36.1 Å². The van der Waals surface area contributed by atoms with Crippen molar-refractivity contribution in [1.29, 1.82) is 0 Å². The number of nitrogens with one attached hydrogen (secondary N) is 1. The van der Waals surface area contributed by atoms with Crippen LogP contribution in [-0.4, -0.2) is 46.2 Å². The van der Waals surface area contributed by atoms with Crippen LogP contribution in [0.15, 0.2) is 54.6 Å². The number of hydrogen-bond acceptors (Lipinski definition) is 4. The lowest BCUT2D eigenvalue weighted by atomic mass is 9.92. The first-order chi connectivity index (χ1) is 16.0. The van der Waals surface area contributed by atoms with Crippen LogP contribution in [0, 0.1) is 0 Å². The molecule has 0 radical (unpaired) electrons. The summed E-state index contributed by atoms with van der Waals surface area (Å²) in [5.74, 6) is 0.709. The zero-order valence-electron chi connectivity index (χ0n) is 20.4. The van der Waals surface area contributed by atoms with Gasteiger partial charge in [0.05, 0.1) is 18.5 Å². The normalized spacial score (nSPS) is 11.4. The Morgan fingerprint density at radius 1 is 1.09 bits per heavy atom. The number of hydrogen-bond donors (Lipinski definition) is 1. The number of amides is 2. The van der Waals surface area contributed by atoms with Gasteiger partial charge in [0, 0.05) is 28.1 Å². The van der Waals surface area contributed by atoms with Crippen molar-refractivity contribution in [3.8, 4) is 11.4 Å². The van der Waals surface area contributed by atoms with Crippen molar-refractivity contribution in [3.63, 3.8) is 0 Å². The first-order valence-corrected chi connectivity index (χ1v) is 11.5. The molecule has 0 saturated heterocycles. The Balaban J connectivity index is 1.86. The van der Waals surface area contributed by atoms with E-state index < -0.39 is 0 Å². The zero-order chi connectivity index (χ0) is 25.0. The van der Waals surface area contributed by atoms with Crippen molar-refractivity contribution in [2.45, 2.75) is 46.1 Å². The van der Waals surface area contributed by atoms with Crippen molar-refractivity contribution >= 4 is 29.2 Å². The van der Waals surface area contributed by atoms with Gasteiger partial charge in [-0.1, -0.05) is 32.4 Å². The molecule has 2 aromatic carbocycles. The van der Waals surface area contributed by atoms with Crippen LogP contribution in [0.3, 0.4) is 0 Å². The Bertz CT molecular complexity index is 1150. The number of halogens is 1. The van der Waals surface area contributed by atoms with Crippen molar-refractivity contribution in [2.24, 2.45) is 0 Å². The first kappa shape index (κ1) is 25.3. The summed E-state index contributed by atoms with van der Waals surface area (Å²) in [6, 6.07) is 15.8. The van der Waals surface area contributed by atoms with E-state index in [-0.39, 0.29) is 29.8 Å². The van der Waals surface area contributed by atoms with Gasteiger partial charge in [-0.25, -0.2) is 4.68 Å². The molecular weight excluding hydrogens is 452 g/mol. The van der Waals surface area contributed by atoms with Crippen LogP contribution >= 0.6 is 11.6 Å². The maximum Gasteiger partial charge on any atom is 0.254 e. The molecule has 0 fully saturated rings. The monoisotopic (exact) mass is 482 g/mol. The number of carbonyl (C=O) groups is 2. The van der Waals surface area contributed by atoms with Crippen LogP contribution in [0.2, 0.25) is 5.02 Å². The summed E-state index contributed by atoms with van der Waals surface area (Å²) in [5, 5.41) is 8.23. The Kier molecular flexibility index (Phi) is 7.67. The van der Waals surface area contributed by atoms with Gasteiger partial charge < -0.3 is 15.0 Å². The summed E-state index contributed by atoms with van der Waals surface area (Å²) in [6.45, 7) is 9.83. The van der Waals surface area contributed by atoms with Gasteiger partial charge in [0.1, 0.15) is 18.1 Å². The van der Waals surface area contributed by atoms with E-state index in [9.17, 15) is 9.59 Å². The van der Waals surface area contributed by atoms with E-state index in [1.165, 1.54) is 4.90 Å². The van der Waals surface area contributed by atoms with E-state index in [0.717, 1.165) is 17.1 Å². The second-order valence-electron chi connectivity index (χ2n) is 9.36. The van der Waals surface area contributed by atoms with Crippen molar-refractivity contribution in [2.75, 3.05) is 19.0 Å². The highest BCUT2D eigenvalue weighted by Gasteiger charge is 2.24. The van der Waals surface area contributed by atoms with E-state index in [4.69, 9.17) is 21.4 Å². The molecule has 0 bridgehead atoms. The van der Waals surface area contributed by atoms with Crippen molar-refractivity contribution in [3.05, 3.63) is 70.9 Å². The predicted molar refractivity (Wildman–Crippen MR) is 135 cm³/mol. The molecule has 0 spiro atoms. The molecule has 1 heterocycles. The van der Waals surface area contributed by atoms with Gasteiger partial charge in [0.2, 0.25) is 5.91 Å². The van der Waals surface area contributed by atoms with E-state index in [2.05, 4.69) is 26.1 Å². The van der Waals surface area contributed by atoms with E-state index >= 15 is 0 Å². The maximum atomic E-state index is 13.1. The zero-order valence-corrected chi connectivity index (χ0v) is 21.2. The molecule has 1 N–H and O–H groups in total.